The molecular formula is C12H19NO3. The smallest absolute Gasteiger partial charge is 0.320 e. The first-order valence-electron chi connectivity index (χ1n) is 5.50. The van der Waals surface area contributed by atoms with E-state index in [1.807, 2.05) is 26.8 Å². The third-order valence-corrected chi connectivity index (χ3v) is 2.48. The van der Waals surface area contributed by atoms with Crippen LogP contribution in [0, 0.1) is 12.8 Å². The summed E-state index contributed by atoms with van der Waals surface area (Å²) < 4.78 is 5.24. The normalized spacial score (nSPS) is 13.0. The first-order chi connectivity index (χ1) is 7.50. The van der Waals surface area contributed by atoms with Gasteiger partial charge in [0, 0.05) is 0 Å². The van der Waals surface area contributed by atoms with Crippen LogP contribution in [0.15, 0.2) is 16.7 Å². The molecule has 0 saturated heterocycles. The summed E-state index contributed by atoms with van der Waals surface area (Å²) >= 11 is 0. The monoisotopic (exact) mass is 225 g/mol. The highest BCUT2D eigenvalue weighted by molar-refractivity contribution is 5.73. The molecule has 1 rings (SSSR count). The molecule has 4 heteroatoms. The maximum atomic E-state index is 11.0. The maximum Gasteiger partial charge on any atom is 0.320 e. The number of aliphatic carboxylic acids is 1. The predicted molar refractivity (Wildman–Crippen MR) is 61.2 cm³/mol. The Morgan fingerprint density at radius 1 is 1.56 bits per heavy atom. The SMILES string of the molecule is Cc1ccoc1CN[C@@H](CC(C)C)C(=O)O. The number of aryl methyl sites for hydroxylation is 1. The van der Waals surface area contributed by atoms with Gasteiger partial charge in [-0.15, -0.1) is 0 Å². The van der Waals surface area contributed by atoms with Gasteiger partial charge in [0.25, 0.3) is 0 Å². The number of hydrogen-bond donors (Lipinski definition) is 2. The number of carboxylic acid groups (broad SMARTS) is 1. The molecule has 2 N–H and O–H groups in total. The number of carboxylic acids is 1. The van der Waals surface area contributed by atoms with E-state index < -0.39 is 12.0 Å². The number of furan rings is 1. The van der Waals surface area contributed by atoms with E-state index in [0.717, 1.165) is 11.3 Å². The van der Waals surface area contributed by atoms with E-state index in [2.05, 4.69) is 5.32 Å². The van der Waals surface area contributed by atoms with E-state index in [0.29, 0.717) is 18.9 Å². The Balaban J connectivity index is 2.50. The van der Waals surface area contributed by atoms with Gasteiger partial charge in [0.05, 0.1) is 12.8 Å². The van der Waals surface area contributed by atoms with Crippen LogP contribution in [0.2, 0.25) is 0 Å². The zero-order valence-corrected chi connectivity index (χ0v) is 9.99. The van der Waals surface area contributed by atoms with Crippen molar-refractivity contribution >= 4 is 5.97 Å². The van der Waals surface area contributed by atoms with Crippen LogP contribution in [0.25, 0.3) is 0 Å². The zero-order chi connectivity index (χ0) is 12.1. The van der Waals surface area contributed by atoms with Crippen LogP contribution in [-0.2, 0) is 11.3 Å². The molecule has 0 fully saturated rings. The Morgan fingerprint density at radius 3 is 2.69 bits per heavy atom. The highest BCUT2D eigenvalue weighted by Gasteiger charge is 2.18. The van der Waals surface area contributed by atoms with Crippen LogP contribution >= 0.6 is 0 Å². The van der Waals surface area contributed by atoms with E-state index in [-0.39, 0.29) is 0 Å². The molecule has 0 aliphatic rings. The first kappa shape index (κ1) is 12.8. The van der Waals surface area contributed by atoms with Crippen LogP contribution in [0.1, 0.15) is 31.6 Å². The maximum absolute atomic E-state index is 11.0. The topological polar surface area (TPSA) is 62.5 Å². The van der Waals surface area contributed by atoms with E-state index in [9.17, 15) is 4.79 Å². The van der Waals surface area contributed by atoms with Crippen LogP contribution in [0.3, 0.4) is 0 Å². The Hall–Kier alpha value is -1.29. The zero-order valence-electron chi connectivity index (χ0n) is 9.99. The lowest BCUT2D eigenvalue weighted by Crippen LogP contribution is -2.37. The predicted octanol–water partition coefficient (Wildman–Crippen LogP) is 2.18. The van der Waals surface area contributed by atoms with Crippen LogP contribution in [0.5, 0.6) is 0 Å². The van der Waals surface area contributed by atoms with Crippen LogP contribution in [0.4, 0.5) is 0 Å². The Labute approximate surface area is 95.7 Å². The summed E-state index contributed by atoms with van der Waals surface area (Å²) in [5, 5.41) is 12.0. The number of rotatable bonds is 6. The van der Waals surface area contributed by atoms with Crippen molar-refractivity contribution in [3.8, 4) is 0 Å². The van der Waals surface area contributed by atoms with E-state index in [4.69, 9.17) is 9.52 Å². The van der Waals surface area contributed by atoms with Crippen molar-refractivity contribution in [1.29, 1.82) is 0 Å². The minimum Gasteiger partial charge on any atom is -0.480 e. The van der Waals surface area contributed by atoms with Crippen molar-refractivity contribution in [3.05, 3.63) is 23.7 Å². The standard InChI is InChI=1S/C12H19NO3/c1-8(2)6-10(12(14)15)13-7-11-9(3)4-5-16-11/h4-5,8,10,13H,6-7H2,1-3H3,(H,14,15)/t10-/m0/s1. The molecule has 1 atom stereocenters. The van der Waals surface area contributed by atoms with Gasteiger partial charge >= 0.3 is 5.97 Å². The molecule has 1 aromatic heterocycles. The summed E-state index contributed by atoms with van der Waals surface area (Å²) in [6.45, 7) is 6.42. The molecule has 0 amide bonds. The summed E-state index contributed by atoms with van der Waals surface area (Å²) in [6, 6.07) is 1.36. The van der Waals surface area contributed by atoms with Crippen LogP contribution in [-0.4, -0.2) is 17.1 Å². The molecule has 1 heterocycles. The summed E-state index contributed by atoms with van der Waals surface area (Å²) in [7, 11) is 0. The van der Waals surface area contributed by atoms with Gasteiger partial charge in [-0.25, -0.2) is 0 Å². The van der Waals surface area contributed by atoms with Gasteiger partial charge in [0.1, 0.15) is 11.8 Å². The van der Waals surface area contributed by atoms with Gasteiger partial charge in [0.15, 0.2) is 0 Å². The van der Waals surface area contributed by atoms with Gasteiger partial charge < -0.3 is 9.52 Å². The molecule has 0 aliphatic heterocycles. The van der Waals surface area contributed by atoms with Crippen molar-refractivity contribution in [1.82, 2.24) is 5.32 Å². The van der Waals surface area contributed by atoms with Gasteiger partial charge in [-0.05, 0) is 30.9 Å². The molecule has 4 nitrogen and oxygen atoms in total. The van der Waals surface area contributed by atoms with E-state index in [1.165, 1.54) is 0 Å². The molecule has 0 bridgehead atoms. The molecule has 0 aliphatic carbocycles. The first-order valence-corrected chi connectivity index (χ1v) is 5.50. The Bertz CT molecular complexity index is 344. The lowest BCUT2D eigenvalue weighted by molar-refractivity contribution is -0.140. The Kier molecular flexibility index (Phi) is 4.55. The average Bonchev–Trinajstić information content (AvgIpc) is 2.57. The fourth-order valence-electron chi connectivity index (χ4n) is 1.54. The van der Waals surface area contributed by atoms with Crippen molar-refractivity contribution in [3.63, 3.8) is 0 Å². The average molecular weight is 225 g/mol. The molecule has 0 aromatic carbocycles. The third kappa shape index (κ3) is 3.70. The van der Waals surface area contributed by atoms with Crippen molar-refractivity contribution in [2.75, 3.05) is 0 Å². The lowest BCUT2D eigenvalue weighted by Gasteiger charge is -2.15. The minimum absolute atomic E-state index is 0.353. The second-order valence-corrected chi connectivity index (χ2v) is 4.43. The van der Waals surface area contributed by atoms with Crippen molar-refractivity contribution in [2.24, 2.45) is 5.92 Å². The second-order valence-electron chi connectivity index (χ2n) is 4.43. The molecular weight excluding hydrogens is 206 g/mol. The van der Waals surface area contributed by atoms with Crippen molar-refractivity contribution in [2.45, 2.75) is 39.8 Å². The molecule has 0 spiro atoms. The van der Waals surface area contributed by atoms with Crippen molar-refractivity contribution < 1.29 is 14.3 Å². The fourth-order valence-corrected chi connectivity index (χ4v) is 1.54. The number of hydrogen-bond acceptors (Lipinski definition) is 3. The summed E-state index contributed by atoms with van der Waals surface area (Å²) in [5.74, 6) is 0.346. The summed E-state index contributed by atoms with van der Waals surface area (Å²) in [4.78, 5) is 11.0. The van der Waals surface area contributed by atoms with Gasteiger partial charge in [-0.2, -0.15) is 0 Å². The van der Waals surface area contributed by atoms with Crippen LogP contribution < -0.4 is 5.32 Å². The summed E-state index contributed by atoms with van der Waals surface area (Å²) in [5.41, 5.74) is 1.04. The number of nitrogens with one attached hydrogen (secondary N) is 1. The highest BCUT2D eigenvalue weighted by atomic mass is 16.4. The Morgan fingerprint density at radius 2 is 2.25 bits per heavy atom. The molecule has 0 saturated carbocycles. The minimum atomic E-state index is -0.807. The molecule has 0 radical (unpaired) electrons. The van der Waals surface area contributed by atoms with Gasteiger partial charge in [-0.3, -0.25) is 10.1 Å². The number of carbonyl (C=O) groups is 1. The summed E-state index contributed by atoms with van der Waals surface area (Å²) in [6.07, 6.45) is 2.24. The molecule has 16 heavy (non-hydrogen) atoms. The van der Waals surface area contributed by atoms with E-state index >= 15 is 0 Å². The molecule has 90 valence electrons. The lowest BCUT2D eigenvalue weighted by atomic mass is 10.0. The third-order valence-electron chi connectivity index (χ3n) is 2.48. The molecule has 0 unspecified atom stereocenters. The highest BCUT2D eigenvalue weighted by Crippen LogP contribution is 2.10. The molecule has 1 aromatic rings. The van der Waals surface area contributed by atoms with E-state index in [1.54, 1.807) is 6.26 Å². The fraction of sp³-hybridized carbons (Fsp3) is 0.583. The largest absolute Gasteiger partial charge is 0.480 e. The van der Waals surface area contributed by atoms with Gasteiger partial charge in [0.2, 0.25) is 0 Å². The quantitative estimate of drug-likeness (QED) is 0.779. The second kappa shape index (κ2) is 5.70. The van der Waals surface area contributed by atoms with Gasteiger partial charge in [-0.1, -0.05) is 13.8 Å².